The lowest BCUT2D eigenvalue weighted by molar-refractivity contribution is 0.101. The van der Waals surface area contributed by atoms with Crippen molar-refractivity contribution in [3.05, 3.63) is 45.5 Å². The molecule has 1 saturated carbocycles. The Morgan fingerprint density at radius 1 is 1.21 bits per heavy atom. The SMILES string of the molecule is [2H]C([2H])([2H])c1nc(Nc2ccc(N3CCNCC3)cn2)nc2c1c(C)c(C(C)=O)c(=O)n2C1CCCC1. The van der Waals surface area contributed by atoms with Gasteiger partial charge in [0.2, 0.25) is 5.95 Å². The summed E-state index contributed by atoms with van der Waals surface area (Å²) >= 11 is 0. The van der Waals surface area contributed by atoms with E-state index in [-0.39, 0.29) is 34.3 Å². The summed E-state index contributed by atoms with van der Waals surface area (Å²) in [4.78, 5) is 41.8. The van der Waals surface area contributed by atoms with E-state index in [1.165, 1.54) is 11.5 Å². The number of hydrogen-bond acceptors (Lipinski definition) is 8. The van der Waals surface area contributed by atoms with E-state index >= 15 is 0 Å². The Labute approximate surface area is 202 Å². The Kier molecular flexibility index (Phi) is 5.11. The second-order valence-corrected chi connectivity index (χ2v) is 9.03. The molecule has 0 radical (unpaired) electrons. The molecule has 0 bridgehead atoms. The molecule has 0 unspecified atom stereocenters. The molecule has 178 valence electrons. The van der Waals surface area contributed by atoms with Crippen LogP contribution in [0.25, 0.3) is 11.0 Å². The van der Waals surface area contributed by atoms with Gasteiger partial charge >= 0.3 is 0 Å². The van der Waals surface area contributed by atoms with Crippen molar-refractivity contribution in [1.29, 1.82) is 0 Å². The highest BCUT2D eigenvalue weighted by molar-refractivity contribution is 6.00. The van der Waals surface area contributed by atoms with E-state index < -0.39 is 18.2 Å². The topological polar surface area (TPSA) is 105 Å². The molecule has 0 amide bonds. The van der Waals surface area contributed by atoms with Crippen molar-refractivity contribution in [2.45, 2.75) is 52.4 Å². The first-order valence-electron chi connectivity index (χ1n) is 13.3. The molecular formula is C25H31N7O2. The maximum Gasteiger partial charge on any atom is 0.263 e. The molecule has 0 aromatic carbocycles. The number of anilines is 3. The van der Waals surface area contributed by atoms with Gasteiger partial charge in [-0.15, -0.1) is 0 Å². The van der Waals surface area contributed by atoms with Crippen LogP contribution < -0.4 is 21.1 Å². The van der Waals surface area contributed by atoms with Crippen LogP contribution in [-0.4, -0.2) is 51.5 Å². The molecule has 1 aliphatic heterocycles. The van der Waals surface area contributed by atoms with E-state index in [9.17, 15) is 9.59 Å². The van der Waals surface area contributed by atoms with Gasteiger partial charge in [0, 0.05) is 41.7 Å². The fraction of sp³-hybridized carbons (Fsp3) is 0.480. The molecule has 9 nitrogen and oxygen atoms in total. The average molecular weight is 465 g/mol. The predicted octanol–water partition coefficient (Wildman–Crippen LogP) is 3.27. The first-order valence-corrected chi connectivity index (χ1v) is 11.8. The molecule has 2 N–H and O–H groups in total. The molecule has 9 heteroatoms. The van der Waals surface area contributed by atoms with Crippen molar-refractivity contribution >= 4 is 34.3 Å². The van der Waals surface area contributed by atoms with Crippen LogP contribution >= 0.6 is 0 Å². The summed E-state index contributed by atoms with van der Waals surface area (Å²) in [6.45, 7) is 3.95. The molecule has 0 spiro atoms. The van der Waals surface area contributed by atoms with Gasteiger partial charge in [-0.3, -0.25) is 14.2 Å². The third kappa shape index (κ3) is 4.04. The van der Waals surface area contributed by atoms with Crippen LogP contribution in [0.15, 0.2) is 23.1 Å². The van der Waals surface area contributed by atoms with Crippen molar-refractivity contribution in [1.82, 2.24) is 24.8 Å². The number of Topliss-reactive ketones (excluding diaryl/α,β-unsaturated/α-hetero) is 1. The fourth-order valence-electron chi connectivity index (χ4n) is 5.13. The molecule has 1 aliphatic carbocycles. The number of rotatable bonds is 5. The Morgan fingerprint density at radius 3 is 2.62 bits per heavy atom. The van der Waals surface area contributed by atoms with Gasteiger partial charge in [-0.05, 0) is 51.2 Å². The summed E-state index contributed by atoms with van der Waals surface area (Å²) < 4.78 is 26.1. The molecule has 34 heavy (non-hydrogen) atoms. The Morgan fingerprint density at radius 2 is 1.97 bits per heavy atom. The van der Waals surface area contributed by atoms with Gasteiger partial charge in [0.1, 0.15) is 11.5 Å². The second kappa shape index (κ2) is 9.13. The van der Waals surface area contributed by atoms with Gasteiger partial charge in [0.25, 0.3) is 5.56 Å². The Bertz CT molecular complexity index is 1390. The number of hydrogen-bond donors (Lipinski definition) is 2. The van der Waals surface area contributed by atoms with E-state index in [0.717, 1.165) is 57.5 Å². The smallest absolute Gasteiger partial charge is 0.263 e. The summed E-state index contributed by atoms with van der Waals surface area (Å²) in [6.07, 6.45) is 5.19. The molecule has 0 atom stereocenters. The molecule has 5 rings (SSSR count). The normalized spacial score (nSPS) is 18.5. The first kappa shape index (κ1) is 19.0. The zero-order chi connectivity index (χ0) is 26.3. The second-order valence-electron chi connectivity index (χ2n) is 9.03. The summed E-state index contributed by atoms with van der Waals surface area (Å²) in [7, 11) is 0. The van der Waals surface area contributed by atoms with Gasteiger partial charge in [0.15, 0.2) is 5.78 Å². The lowest BCUT2D eigenvalue weighted by Crippen LogP contribution is -2.43. The quantitative estimate of drug-likeness (QED) is 0.555. The minimum Gasteiger partial charge on any atom is -0.368 e. The van der Waals surface area contributed by atoms with E-state index in [0.29, 0.717) is 11.4 Å². The van der Waals surface area contributed by atoms with E-state index in [4.69, 9.17) is 4.11 Å². The highest BCUT2D eigenvalue weighted by Crippen LogP contribution is 2.33. The van der Waals surface area contributed by atoms with Crippen molar-refractivity contribution < 1.29 is 8.91 Å². The lowest BCUT2D eigenvalue weighted by Gasteiger charge is -2.29. The average Bonchev–Trinajstić information content (AvgIpc) is 3.38. The first-order chi connectivity index (χ1) is 17.6. The van der Waals surface area contributed by atoms with Crippen LogP contribution in [0.2, 0.25) is 0 Å². The van der Waals surface area contributed by atoms with Gasteiger partial charge in [-0.1, -0.05) is 12.8 Å². The van der Waals surface area contributed by atoms with Crippen LogP contribution in [0.1, 0.15) is 64.4 Å². The van der Waals surface area contributed by atoms with Crippen LogP contribution in [0.3, 0.4) is 0 Å². The molecular weight excluding hydrogens is 430 g/mol. The number of carbonyl (C=O) groups is 1. The van der Waals surface area contributed by atoms with E-state index in [1.54, 1.807) is 19.2 Å². The van der Waals surface area contributed by atoms with Crippen molar-refractivity contribution in [2.24, 2.45) is 0 Å². The molecule has 2 fully saturated rings. The zero-order valence-electron chi connectivity index (χ0n) is 22.5. The van der Waals surface area contributed by atoms with Crippen molar-refractivity contribution in [3.63, 3.8) is 0 Å². The third-order valence-electron chi connectivity index (χ3n) is 6.81. The van der Waals surface area contributed by atoms with Crippen molar-refractivity contribution in [2.75, 3.05) is 36.4 Å². The van der Waals surface area contributed by atoms with Gasteiger partial charge in [-0.2, -0.15) is 4.98 Å². The summed E-state index contributed by atoms with van der Waals surface area (Å²) in [5.41, 5.74) is 0.920. The number of pyridine rings is 2. The minimum atomic E-state index is -2.59. The van der Waals surface area contributed by atoms with E-state index in [2.05, 4.69) is 30.5 Å². The lowest BCUT2D eigenvalue weighted by atomic mass is 10.0. The number of aryl methyl sites for hydroxylation is 2. The van der Waals surface area contributed by atoms with Crippen LogP contribution in [0.5, 0.6) is 0 Å². The van der Waals surface area contributed by atoms with E-state index in [1.807, 2.05) is 6.07 Å². The monoisotopic (exact) mass is 464 g/mol. The van der Waals surface area contributed by atoms with Crippen molar-refractivity contribution in [3.8, 4) is 0 Å². The number of carbonyl (C=O) groups excluding carboxylic acids is 1. The maximum atomic E-state index is 13.5. The van der Waals surface area contributed by atoms with Gasteiger partial charge < -0.3 is 15.5 Å². The summed E-state index contributed by atoms with van der Waals surface area (Å²) in [5, 5.41) is 6.60. The number of ketones is 1. The molecule has 2 aliphatic rings. The minimum absolute atomic E-state index is 0.000577. The number of piperazine rings is 1. The molecule has 3 aromatic rings. The third-order valence-corrected chi connectivity index (χ3v) is 6.81. The predicted molar refractivity (Wildman–Crippen MR) is 133 cm³/mol. The van der Waals surface area contributed by atoms with Crippen LogP contribution in [0.4, 0.5) is 17.5 Å². The summed E-state index contributed by atoms with van der Waals surface area (Å²) in [5.74, 6) is 0.104. The fourth-order valence-corrected chi connectivity index (χ4v) is 5.13. The number of fused-ring (bicyclic) bond motifs is 1. The Balaban J connectivity index is 1.64. The zero-order valence-corrected chi connectivity index (χ0v) is 19.5. The van der Waals surface area contributed by atoms with Gasteiger partial charge in [0.05, 0.1) is 23.1 Å². The molecule has 1 saturated heterocycles. The van der Waals surface area contributed by atoms with Gasteiger partial charge in [-0.25, -0.2) is 9.97 Å². The highest BCUT2D eigenvalue weighted by Gasteiger charge is 2.26. The largest absolute Gasteiger partial charge is 0.368 e. The van der Waals surface area contributed by atoms with Crippen LogP contribution in [-0.2, 0) is 0 Å². The summed E-state index contributed by atoms with van der Waals surface area (Å²) in [6, 6.07) is 3.59. The number of nitrogens with one attached hydrogen (secondary N) is 2. The highest BCUT2D eigenvalue weighted by atomic mass is 16.1. The Hall–Kier alpha value is -3.33. The number of nitrogens with zero attached hydrogens (tertiary/aromatic N) is 5. The standard InChI is InChI=1S/C25H31N7O2/c1-15-21-16(2)28-25(29-20-9-8-19(14-27-20)31-12-10-26-11-13-31)30-23(21)32(18-6-4-5-7-18)24(34)22(15)17(3)33/h8-9,14,18,26H,4-7,10-13H2,1-3H3,(H,27,28,29,30)/i2D3. The molecule has 4 heterocycles. The molecule has 3 aromatic heterocycles. The maximum absolute atomic E-state index is 13.5. The van der Waals surface area contributed by atoms with Crippen LogP contribution in [0, 0.1) is 13.8 Å². The number of aromatic nitrogens is 4.